The Morgan fingerprint density at radius 2 is 1.65 bits per heavy atom. The van der Waals surface area contributed by atoms with E-state index < -0.39 is 17.5 Å². The number of rotatable bonds is 4. The molecule has 0 aliphatic heterocycles. The van der Waals surface area contributed by atoms with E-state index in [0.717, 1.165) is 35.6 Å². The second kappa shape index (κ2) is 5.61. The average molecular weight is 282 g/mol. The van der Waals surface area contributed by atoms with E-state index in [1.165, 1.54) is 0 Å². The molecule has 1 N–H and O–H groups in total. The van der Waals surface area contributed by atoms with Crippen LogP contribution >= 0.6 is 0 Å². The third-order valence-corrected chi connectivity index (χ3v) is 3.46. The van der Waals surface area contributed by atoms with E-state index in [1.54, 1.807) is 0 Å². The first kappa shape index (κ1) is 14.5. The van der Waals surface area contributed by atoms with Crippen LogP contribution < -0.4 is 5.32 Å². The van der Waals surface area contributed by atoms with Gasteiger partial charge in [-0.25, -0.2) is 13.2 Å². The number of nitrogens with one attached hydrogen (secondary N) is 1. The van der Waals surface area contributed by atoms with Crippen LogP contribution in [-0.2, 0) is 13.1 Å². The summed E-state index contributed by atoms with van der Waals surface area (Å²) < 4.78 is 41.2. The van der Waals surface area contributed by atoms with Crippen LogP contribution in [0.2, 0.25) is 0 Å². The quantitative estimate of drug-likeness (QED) is 0.833. The highest BCUT2D eigenvalue weighted by Gasteiger charge is 2.11. The number of benzene rings is 1. The van der Waals surface area contributed by atoms with Crippen LogP contribution in [0.4, 0.5) is 18.9 Å². The number of anilines is 1. The van der Waals surface area contributed by atoms with Crippen LogP contribution in [0, 0.1) is 31.3 Å². The van der Waals surface area contributed by atoms with E-state index in [9.17, 15) is 13.2 Å². The summed E-state index contributed by atoms with van der Waals surface area (Å²) >= 11 is 0. The highest BCUT2D eigenvalue weighted by atomic mass is 19.2. The summed E-state index contributed by atoms with van der Waals surface area (Å²) in [7, 11) is 0. The van der Waals surface area contributed by atoms with Gasteiger partial charge in [0.1, 0.15) is 0 Å². The summed E-state index contributed by atoms with van der Waals surface area (Å²) in [5, 5.41) is 2.92. The first-order chi connectivity index (χ1) is 9.43. The molecule has 2 rings (SSSR count). The van der Waals surface area contributed by atoms with E-state index in [1.807, 2.05) is 19.9 Å². The lowest BCUT2D eigenvalue weighted by molar-refractivity contribution is 0.447. The molecule has 0 saturated carbocycles. The second-order valence-electron chi connectivity index (χ2n) is 4.75. The zero-order valence-electron chi connectivity index (χ0n) is 11.7. The van der Waals surface area contributed by atoms with Crippen LogP contribution in [0.25, 0.3) is 0 Å². The fraction of sp³-hybridized carbons (Fsp3) is 0.333. The van der Waals surface area contributed by atoms with E-state index in [4.69, 9.17) is 0 Å². The molecule has 0 radical (unpaired) electrons. The predicted octanol–water partition coefficient (Wildman–Crippen LogP) is 4.15. The molecule has 2 aromatic rings. The van der Waals surface area contributed by atoms with Crippen molar-refractivity contribution in [3.8, 4) is 0 Å². The molecule has 20 heavy (non-hydrogen) atoms. The maximum absolute atomic E-state index is 13.1. The van der Waals surface area contributed by atoms with Gasteiger partial charge >= 0.3 is 0 Å². The third kappa shape index (κ3) is 2.66. The maximum atomic E-state index is 13.1. The van der Waals surface area contributed by atoms with Crippen molar-refractivity contribution in [3.63, 3.8) is 0 Å². The summed E-state index contributed by atoms with van der Waals surface area (Å²) in [6.45, 7) is 7.38. The van der Waals surface area contributed by atoms with Crippen molar-refractivity contribution in [3.05, 3.63) is 52.6 Å². The minimum atomic E-state index is -1.44. The van der Waals surface area contributed by atoms with Gasteiger partial charge in [0.15, 0.2) is 17.5 Å². The van der Waals surface area contributed by atoms with Crippen molar-refractivity contribution in [1.82, 2.24) is 4.57 Å². The molecule has 1 heterocycles. The summed E-state index contributed by atoms with van der Waals surface area (Å²) in [6.07, 6.45) is 0. The standard InChI is InChI=1S/C15H17F3N2/c1-4-20-9(2)5-11(10(20)3)8-19-12-6-13(16)15(18)14(17)7-12/h5-7,19H,4,8H2,1-3H3. The Bertz CT molecular complexity index is 609. The molecule has 0 spiro atoms. The van der Waals surface area contributed by atoms with Gasteiger partial charge < -0.3 is 9.88 Å². The third-order valence-electron chi connectivity index (χ3n) is 3.46. The largest absolute Gasteiger partial charge is 0.381 e. The molecular formula is C15H17F3N2. The highest BCUT2D eigenvalue weighted by molar-refractivity contribution is 5.45. The maximum Gasteiger partial charge on any atom is 0.194 e. The van der Waals surface area contributed by atoms with Gasteiger partial charge in [-0.3, -0.25) is 0 Å². The van der Waals surface area contributed by atoms with Crippen LogP contribution in [0.5, 0.6) is 0 Å². The van der Waals surface area contributed by atoms with Crippen molar-refractivity contribution < 1.29 is 13.2 Å². The molecular weight excluding hydrogens is 265 g/mol. The minimum absolute atomic E-state index is 0.225. The lowest BCUT2D eigenvalue weighted by Gasteiger charge is -2.09. The molecule has 0 saturated heterocycles. The van der Waals surface area contributed by atoms with Crippen molar-refractivity contribution in [2.45, 2.75) is 33.9 Å². The van der Waals surface area contributed by atoms with Crippen molar-refractivity contribution in [2.24, 2.45) is 0 Å². The zero-order valence-corrected chi connectivity index (χ0v) is 11.7. The van der Waals surface area contributed by atoms with Crippen molar-refractivity contribution >= 4 is 5.69 Å². The normalized spacial score (nSPS) is 10.9. The Labute approximate surface area is 116 Å². The van der Waals surface area contributed by atoms with Crippen LogP contribution in [0.3, 0.4) is 0 Å². The monoisotopic (exact) mass is 282 g/mol. The first-order valence-electron chi connectivity index (χ1n) is 6.48. The number of hydrogen-bond acceptors (Lipinski definition) is 1. The molecule has 0 atom stereocenters. The van der Waals surface area contributed by atoms with Crippen LogP contribution in [0.1, 0.15) is 23.9 Å². The molecule has 108 valence electrons. The van der Waals surface area contributed by atoms with Crippen molar-refractivity contribution in [1.29, 1.82) is 0 Å². The SMILES string of the molecule is CCn1c(C)cc(CNc2cc(F)c(F)c(F)c2)c1C. The lowest BCUT2D eigenvalue weighted by atomic mass is 10.2. The van der Waals surface area contributed by atoms with Gasteiger partial charge in [0.2, 0.25) is 0 Å². The van der Waals surface area contributed by atoms with Gasteiger partial charge in [-0.15, -0.1) is 0 Å². The van der Waals surface area contributed by atoms with Crippen molar-refractivity contribution in [2.75, 3.05) is 5.32 Å². The molecule has 5 heteroatoms. The van der Waals surface area contributed by atoms with Gasteiger partial charge in [0.05, 0.1) is 0 Å². The molecule has 0 bridgehead atoms. The van der Waals surface area contributed by atoms with E-state index >= 15 is 0 Å². The molecule has 0 unspecified atom stereocenters. The Morgan fingerprint density at radius 1 is 1.05 bits per heavy atom. The Kier molecular flexibility index (Phi) is 4.06. The number of hydrogen-bond donors (Lipinski definition) is 1. The summed E-state index contributed by atoms with van der Waals surface area (Å²) in [5.41, 5.74) is 3.52. The Balaban J connectivity index is 2.17. The first-order valence-corrected chi connectivity index (χ1v) is 6.48. The van der Waals surface area contributed by atoms with Gasteiger partial charge in [-0.2, -0.15) is 0 Å². The van der Waals surface area contributed by atoms with Gasteiger partial charge in [-0.1, -0.05) is 0 Å². The number of nitrogens with zero attached hydrogens (tertiary/aromatic N) is 1. The Morgan fingerprint density at radius 3 is 2.15 bits per heavy atom. The number of halogens is 3. The van der Waals surface area contributed by atoms with Gasteiger partial charge in [0.25, 0.3) is 0 Å². The van der Waals surface area contributed by atoms with Gasteiger partial charge in [-0.05, 0) is 32.4 Å². The number of aromatic nitrogens is 1. The summed E-state index contributed by atoms with van der Waals surface area (Å²) in [5.74, 6) is -3.82. The summed E-state index contributed by atoms with van der Waals surface area (Å²) in [6, 6.07) is 3.94. The smallest absolute Gasteiger partial charge is 0.194 e. The lowest BCUT2D eigenvalue weighted by Crippen LogP contribution is -2.04. The minimum Gasteiger partial charge on any atom is -0.381 e. The fourth-order valence-corrected chi connectivity index (χ4v) is 2.39. The van der Waals surface area contributed by atoms with Gasteiger partial charge in [0, 0.05) is 42.3 Å². The average Bonchev–Trinajstić information content (AvgIpc) is 2.67. The van der Waals surface area contributed by atoms with Crippen LogP contribution in [0.15, 0.2) is 18.2 Å². The molecule has 2 nitrogen and oxygen atoms in total. The topological polar surface area (TPSA) is 17.0 Å². The molecule has 0 aliphatic carbocycles. The Hall–Kier alpha value is -1.91. The van der Waals surface area contributed by atoms with E-state index in [0.29, 0.717) is 6.54 Å². The zero-order chi connectivity index (χ0) is 14.9. The number of aryl methyl sites for hydroxylation is 1. The highest BCUT2D eigenvalue weighted by Crippen LogP contribution is 2.20. The molecule has 0 amide bonds. The predicted molar refractivity (Wildman–Crippen MR) is 73.2 cm³/mol. The van der Waals surface area contributed by atoms with E-state index in [2.05, 4.69) is 16.8 Å². The molecule has 0 fully saturated rings. The second-order valence-corrected chi connectivity index (χ2v) is 4.75. The van der Waals surface area contributed by atoms with Crippen LogP contribution in [-0.4, -0.2) is 4.57 Å². The molecule has 1 aromatic carbocycles. The molecule has 1 aromatic heterocycles. The fourth-order valence-electron chi connectivity index (χ4n) is 2.39. The molecule has 0 aliphatic rings. The summed E-state index contributed by atoms with van der Waals surface area (Å²) in [4.78, 5) is 0. The van der Waals surface area contributed by atoms with E-state index in [-0.39, 0.29) is 5.69 Å².